The van der Waals surface area contributed by atoms with Crippen molar-refractivity contribution in [1.29, 1.82) is 0 Å². The number of carbonyl (C=O) groups is 1. The number of carbonyl (C=O) groups excluding carboxylic acids is 1. The van der Waals surface area contributed by atoms with Crippen LogP contribution >= 0.6 is 0 Å². The number of rotatable bonds is 6. The van der Waals surface area contributed by atoms with Gasteiger partial charge in [0.2, 0.25) is 5.91 Å². The molecule has 1 fully saturated rings. The zero-order chi connectivity index (χ0) is 16.7. The van der Waals surface area contributed by atoms with Crippen molar-refractivity contribution >= 4 is 5.91 Å². The minimum absolute atomic E-state index is 0.0372. The average Bonchev–Trinajstić information content (AvgIpc) is 2.56. The smallest absolute Gasteiger partial charge is 0.249 e. The van der Waals surface area contributed by atoms with Gasteiger partial charge in [-0.25, -0.2) is 0 Å². The molecular formula is C19H28N2O2. The molecule has 4 nitrogen and oxygen atoms in total. The van der Waals surface area contributed by atoms with Gasteiger partial charge in [-0.2, -0.15) is 0 Å². The first-order chi connectivity index (χ1) is 11.1. The van der Waals surface area contributed by atoms with Crippen molar-refractivity contribution in [2.24, 2.45) is 0 Å². The Morgan fingerprint density at radius 1 is 1.22 bits per heavy atom. The molecular weight excluding hydrogens is 288 g/mol. The van der Waals surface area contributed by atoms with Gasteiger partial charge in [-0.3, -0.25) is 9.69 Å². The highest BCUT2D eigenvalue weighted by Gasteiger charge is 2.30. The molecule has 1 saturated heterocycles. The van der Waals surface area contributed by atoms with Crippen LogP contribution in [0.25, 0.3) is 0 Å². The van der Waals surface area contributed by atoms with E-state index in [9.17, 15) is 4.79 Å². The fraction of sp³-hybridized carbons (Fsp3) is 0.526. The van der Waals surface area contributed by atoms with Gasteiger partial charge in [-0.1, -0.05) is 30.3 Å². The van der Waals surface area contributed by atoms with Crippen LogP contribution in [0.2, 0.25) is 0 Å². The Balaban J connectivity index is 1.82. The van der Waals surface area contributed by atoms with E-state index in [1.165, 1.54) is 17.9 Å². The number of nitrogens with zero attached hydrogens (tertiary/aromatic N) is 2. The second-order valence-corrected chi connectivity index (χ2v) is 6.31. The highest BCUT2D eigenvalue weighted by atomic mass is 16.5. The summed E-state index contributed by atoms with van der Waals surface area (Å²) in [6.45, 7) is 7.11. The number of hydrogen-bond acceptors (Lipinski definition) is 3. The van der Waals surface area contributed by atoms with E-state index in [4.69, 9.17) is 4.74 Å². The van der Waals surface area contributed by atoms with Crippen LogP contribution in [0, 0.1) is 0 Å². The van der Waals surface area contributed by atoms with E-state index >= 15 is 0 Å². The molecule has 0 radical (unpaired) electrons. The first kappa shape index (κ1) is 17.5. The third-order valence-electron chi connectivity index (χ3n) is 4.50. The predicted octanol–water partition coefficient (Wildman–Crippen LogP) is 2.70. The van der Waals surface area contributed by atoms with Crippen LogP contribution in [0.3, 0.4) is 0 Å². The lowest BCUT2D eigenvalue weighted by molar-refractivity contribution is -0.131. The van der Waals surface area contributed by atoms with Crippen molar-refractivity contribution < 1.29 is 9.53 Å². The third kappa shape index (κ3) is 5.10. The fourth-order valence-electron chi connectivity index (χ4n) is 3.17. The van der Waals surface area contributed by atoms with Gasteiger partial charge in [-0.15, -0.1) is 0 Å². The number of ether oxygens (including phenoxy) is 1. The fourth-order valence-corrected chi connectivity index (χ4v) is 3.17. The molecule has 1 aromatic carbocycles. The lowest BCUT2D eigenvalue weighted by Crippen LogP contribution is -2.57. The van der Waals surface area contributed by atoms with Crippen LogP contribution in [-0.2, 0) is 16.0 Å². The monoisotopic (exact) mass is 316 g/mol. The average molecular weight is 316 g/mol. The van der Waals surface area contributed by atoms with Crippen LogP contribution in [0.5, 0.6) is 0 Å². The summed E-state index contributed by atoms with van der Waals surface area (Å²) < 4.78 is 4.84. The van der Waals surface area contributed by atoms with Crippen molar-refractivity contribution in [3.8, 4) is 0 Å². The van der Waals surface area contributed by atoms with Gasteiger partial charge >= 0.3 is 0 Å². The molecule has 1 amide bonds. The Kier molecular flexibility index (Phi) is 6.66. The van der Waals surface area contributed by atoms with Crippen LogP contribution in [0.15, 0.2) is 42.7 Å². The molecule has 2 rings (SSSR count). The molecule has 1 aromatic rings. The third-order valence-corrected chi connectivity index (χ3v) is 4.50. The summed E-state index contributed by atoms with van der Waals surface area (Å²) in [4.78, 5) is 16.6. The number of methoxy groups -OCH3 is 1. The Morgan fingerprint density at radius 3 is 2.65 bits per heavy atom. The van der Waals surface area contributed by atoms with Gasteiger partial charge in [0.25, 0.3) is 0 Å². The number of hydrogen-bond donors (Lipinski definition) is 0. The lowest BCUT2D eigenvalue weighted by atomic mass is 10.1. The van der Waals surface area contributed by atoms with Crippen molar-refractivity contribution in [2.75, 3.05) is 26.7 Å². The molecule has 0 aromatic heterocycles. The molecule has 0 aliphatic carbocycles. The van der Waals surface area contributed by atoms with Gasteiger partial charge < -0.3 is 9.64 Å². The largest absolute Gasteiger partial charge is 0.504 e. The predicted molar refractivity (Wildman–Crippen MR) is 93.1 cm³/mol. The Labute approximate surface area is 139 Å². The molecule has 4 heteroatoms. The van der Waals surface area contributed by atoms with Crippen molar-refractivity contribution in [2.45, 2.75) is 38.8 Å². The highest BCUT2D eigenvalue weighted by molar-refractivity contribution is 5.87. The van der Waals surface area contributed by atoms with Crippen molar-refractivity contribution in [3.63, 3.8) is 0 Å². The van der Waals surface area contributed by atoms with E-state index in [2.05, 4.69) is 49.1 Å². The number of benzene rings is 1. The summed E-state index contributed by atoms with van der Waals surface area (Å²) in [5.41, 5.74) is 1.40. The van der Waals surface area contributed by atoms with E-state index in [0.717, 1.165) is 32.5 Å². The number of aryl methyl sites for hydroxylation is 1. The van der Waals surface area contributed by atoms with E-state index < -0.39 is 0 Å². The quantitative estimate of drug-likeness (QED) is 0.597. The van der Waals surface area contributed by atoms with Crippen LogP contribution in [-0.4, -0.2) is 54.5 Å². The Hall–Kier alpha value is -1.81. The van der Waals surface area contributed by atoms with Gasteiger partial charge in [0.1, 0.15) is 0 Å². The van der Waals surface area contributed by atoms with E-state index in [1.807, 2.05) is 4.90 Å². The van der Waals surface area contributed by atoms with E-state index in [1.54, 1.807) is 7.11 Å². The Morgan fingerprint density at radius 2 is 1.96 bits per heavy atom. The molecule has 23 heavy (non-hydrogen) atoms. The second-order valence-electron chi connectivity index (χ2n) is 6.31. The van der Waals surface area contributed by atoms with Crippen molar-refractivity contribution in [3.05, 3.63) is 48.2 Å². The first-order valence-corrected chi connectivity index (χ1v) is 8.39. The minimum atomic E-state index is 0.0372. The molecule has 126 valence electrons. The van der Waals surface area contributed by atoms with Crippen LogP contribution in [0.1, 0.15) is 25.8 Å². The minimum Gasteiger partial charge on any atom is -0.504 e. The molecule has 0 N–H and O–H groups in total. The molecule has 1 heterocycles. The summed E-state index contributed by atoms with van der Waals surface area (Å²) >= 11 is 0. The summed E-state index contributed by atoms with van der Waals surface area (Å²) in [6, 6.07) is 11.2. The van der Waals surface area contributed by atoms with Gasteiger partial charge in [-0.05, 0) is 38.8 Å². The molecule has 0 bridgehead atoms. The van der Waals surface area contributed by atoms with E-state index in [-0.39, 0.29) is 11.9 Å². The maximum atomic E-state index is 12.2. The topological polar surface area (TPSA) is 32.8 Å². The number of piperazine rings is 1. The highest BCUT2D eigenvalue weighted by Crippen LogP contribution is 2.16. The first-order valence-electron chi connectivity index (χ1n) is 8.39. The summed E-state index contributed by atoms with van der Waals surface area (Å²) in [5, 5.41) is 0. The molecule has 0 spiro atoms. The van der Waals surface area contributed by atoms with E-state index in [0.29, 0.717) is 6.04 Å². The lowest BCUT2D eigenvalue weighted by Gasteiger charge is -2.43. The molecule has 0 saturated carbocycles. The zero-order valence-electron chi connectivity index (χ0n) is 14.4. The van der Waals surface area contributed by atoms with Crippen LogP contribution in [0.4, 0.5) is 0 Å². The molecule has 1 aliphatic heterocycles. The summed E-state index contributed by atoms with van der Waals surface area (Å²) in [7, 11) is 1.56. The maximum absolute atomic E-state index is 12.2. The van der Waals surface area contributed by atoms with Crippen LogP contribution < -0.4 is 0 Å². The number of amides is 1. The molecule has 1 aliphatic rings. The maximum Gasteiger partial charge on any atom is 0.249 e. The van der Waals surface area contributed by atoms with Gasteiger partial charge in [0.05, 0.1) is 13.4 Å². The zero-order valence-corrected chi connectivity index (χ0v) is 14.4. The van der Waals surface area contributed by atoms with Gasteiger partial charge in [0, 0.05) is 31.2 Å². The SMILES string of the molecule is CO/C=C/C(=O)N1C[C@H](C)N(CCCc2ccccc2)C[C@H]1C. The summed E-state index contributed by atoms with van der Waals surface area (Å²) in [5.74, 6) is 0.0372. The normalized spacial score (nSPS) is 22.5. The molecule has 0 unspecified atom stereocenters. The van der Waals surface area contributed by atoms with Crippen molar-refractivity contribution in [1.82, 2.24) is 9.80 Å². The second kappa shape index (κ2) is 8.73. The van der Waals surface area contributed by atoms with Gasteiger partial charge in [0.15, 0.2) is 0 Å². The Bertz CT molecular complexity index is 515. The summed E-state index contributed by atoms with van der Waals surface area (Å²) in [6.07, 6.45) is 5.22. The molecule has 2 atom stereocenters. The standard InChI is InChI=1S/C19H28N2O2/c1-16-15-21(19(22)11-13-23-3)17(2)14-20(16)12-7-10-18-8-5-4-6-9-18/h4-6,8-9,11,13,16-17H,7,10,12,14-15H2,1-3H3/b13-11+/t16-,17+/m0/s1.